The fraction of sp³-hybridized carbons (Fsp3) is 0.208. The van der Waals surface area contributed by atoms with Crippen molar-refractivity contribution >= 4 is 17.6 Å². The van der Waals surface area contributed by atoms with Gasteiger partial charge in [-0.25, -0.2) is 0 Å². The lowest BCUT2D eigenvalue weighted by Gasteiger charge is -2.30. The Balaban J connectivity index is 1.61. The molecule has 0 heterocycles. The van der Waals surface area contributed by atoms with Crippen molar-refractivity contribution in [3.8, 4) is 5.75 Å². The van der Waals surface area contributed by atoms with Crippen molar-refractivity contribution in [1.29, 1.82) is 0 Å². The topological polar surface area (TPSA) is 46.5 Å². The summed E-state index contributed by atoms with van der Waals surface area (Å²) in [6, 6.07) is 23.6. The van der Waals surface area contributed by atoms with Crippen molar-refractivity contribution in [3.63, 3.8) is 0 Å². The van der Waals surface area contributed by atoms with Crippen LogP contribution < -0.4 is 4.74 Å². The molecule has 4 heteroatoms. The van der Waals surface area contributed by atoms with E-state index in [2.05, 4.69) is 0 Å². The zero-order valence-electron chi connectivity index (χ0n) is 15.4. The zero-order chi connectivity index (χ0) is 19.6. The average molecular weight is 393 g/mol. The summed E-state index contributed by atoms with van der Waals surface area (Å²) in [4.78, 5) is 11.7. The second-order valence-electron chi connectivity index (χ2n) is 7.25. The van der Waals surface area contributed by atoms with Crippen molar-refractivity contribution in [3.05, 3.63) is 100 Å². The summed E-state index contributed by atoms with van der Waals surface area (Å²) in [5, 5.41) is 10.3. The molecule has 1 aliphatic carbocycles. The van der Waals surface area contributed by atoms with Gasteiger partial charge >= 0.3 is 5.97 Å². The van der Waals surface area contributed by atoms with Crippen molar-refractivity contribution in [2.24, 2.45) is 0 Å². The third-order valence-corrected chi connectivity index (χ3v) is 5.75. The SMILES string of the molecule is O=C(O)CC1(c2ccc(OCc3ccccc3)cc2)CCc2cc(Cl)ccc21. The van der Waals surface area contributed by atoms with E-state index >= 15 is 0 Å². The van der Waals surface area contributed by atoms with Crippen molar-refractivity contribution in [1.82, 2.24) is 0 Å². The van der Waals surface area contributed by atoms with Crippen LogP contribution in [0.15, 0.2) is 72.8 Å². The molecule has 0 spiro atoms. The van der Waals surface area contributed by atoms with Gasteiger partial charge in [-0.05, 0) is 59.4 Å². The maximum absolute atomic E-state index is 11.7. The van der Waals surface area contributed by atoms with Crippen molar-refractivity contribution < 1.29 is 14.6 Å². The fourth-order valence-corrected chi connectivity index (χ4v) is 4.37. The number of benzene rings is 3. The first-order valence-corrected chi connectivity index (χ1v) is 9.73. The molecule has 0 saturated heterocycles. The number of halogens is 1. The number of rotatable bonds is 6. The molecule has 4 rings (SSSR count). The molecule has 0 saturated carbocycles. The number of hydrogen-bond acceptors (Lipinski definition) is 2. The predicted octanol–water partition coefficient (Wildman–Crippen LogP) is 5.63. The molecule has 0 fully saturated rings. The molecular weight excluding hydrogens is 372 g/mol. The molecule has 1 N–H and O–H groups in total. The van der Waals surface area contributed by atoms with Crippen LogP contribution in [0.4, 0.5) is 0 Å². The molecule has 0 aromatic heterocycles. The first-order valence-electron chi connectivity index (χ1n) is 9.35. The first-order chi connectivity index (χ1) is 13.6. The summed E-state index contributed by atoms with van der Waals surface area (Å²) in [6.07, 6.45) is 1.65. The minimum absolute atomic E-state index is 0.0614. The molecule has 1 unspecified atom stereocenters. The average Bonchev–Trinajstić information content (AvgIpc) is 3.05. The standard InChI is InChI=1S/C24H21ClO3/c25-20-8-11-22-18(14-20)12-13-24(22,15-23(26)27)19-6-9-21(10-7-19)28-16-17-4-2-1-3-5-17/h1-11,14H,12-13,15-16H2,(H,26,27). The van der Waals surface area contributed by atoms with E-state index in [0.29, 0.717) is 11.6 Å². The highest BCUT2D eigenvalue weighted by Gasteiger charge is 2.42. The number of hydrogen-bond donors (Lipinski definition) is 1. The molecule has 28 heavy (non-hydrogen) atoms. The second kappa shape index (κ2) is 7.69. The van der Waals surface area contributed by atoms with Crippen LogP contribution in [0, 0.1) is 0 Å². The predicted molar refractivity (Wildman–Crippen MR) is 110 cm³/mol. The van der Waals surface area contributed by atoms with E-state index < -0.39 is 11.4 Å². The van der Waals surface area contributed by atoms with Gasteiger partial charge in [0, 0.05) is 10.4 Å². The monoisotopic (exact) mass is 392 g/mol. The molecule has 0 radical (unpaired) electrons. The maximum Gasteiger partial charge on any atom is 0.304 e. The fourth-order valence-electron chi connectivity index (χ4n) is 4.17. The Morgan fingerprint density at radius 2 is 1.79 bits per heavy atom. The van der Waals surface area contributed by atoms with Crippen molar-refractivity contribution in [2.75, 3.05) is 0 Å². The smallest absolute Gasteiger partial charge is 0.304 e. The molecule has 1 aliphatic rings. The number of carbonyl (C=O) groups is 1. The van der Waals surface area contributed by atoms with Gasteiger partial charge < -0.3 is 9.84 Å². The highest BCUT2D eigenvalue weighted by atomic mass is 35.5. The Morgan fingerprint density at radius 1 is 1.04 bits per heavy atom. The van der Waals surface area contributed by atoms with Gasteiger partial charge in [-0.3, -0.25) is 4.79 Å². The van der Waals surface area contributed by atoms with Crippen LogP contribution >= 0.6 is 11.6 Å². The summed E-state index contributed by atoms with van der Waals surface area (Å²) in [7, 11) is 0. The highest BCUT2D eigenvalue weighted by molar-refractivity contribution is 6.30. The largest absolute Gasteiger partial charge is 0.489 e. The second-order valence-corrected chi connectivity index (χ2v) is 7.69. The summed E-state index contributed by atoms with van der Waals surface area (Å²) < 4.78 is 5.88. The van der Waals surface area contributed by atoms with Crippen LogP contribution in [0.3, 0.4) is 0 Å². The lowest BCUT2D eigenvalue weighted by atomic mass is 9.73. The van der Waals surface area contributed by atoms with Gasteiger partial charge in [0.25, 0.3) is 0 Å². The minimum Gasteiger partial charge on any atom is -0.489 e. The van der Waals surface area contributed by atoms with Crippen LogP contribution in [0.1, 0.15) is 35.1 Å². The van der Waals surface area contributed by atoms with Gasteiger partial charge in [0.05, 0.1) is 6.42 Å². The van der Waals surface area contributed by atoms with Crippen molar-refractivity contribution in [2.45, 2.75) is 31.3 Å². The van der Waals surface area contributed by atoms with E-state index in [1.807, 2.05) is 72.8 Å². The minimum atomic E-state index is -0.799. The van der Waals surface area contributed by atoms with E-state index in [9.17, 15) is 9.90 Å². The summed E-state index contributed by atoms with van der Waals surface area (Å²) >= 11 is 6.14. The lowest BCUT2D eigenvalue weighted by Crippen LogP contribution is -2.28. The van der Waals surface area contributed by atoms with Crippen LogP contribution in [0.5, 0.6) is 5.75 Å². The van der Waals surface area contributed by atoms with Gasteiger partial charge in [0.15, 0.2) is 0 Å². The highest BCUT2D eigenvalue weighted by Crippen LogP contribution is 2.47. The Morgan fingerprint density at radius 3 is 2.50 bits per heavy atom. The first kappa shape index (κ1) is 18.6. The normalized spacial score (nSPS) is 17.9. The van der Waals surface area contributed by atoms with E-state index in [-0.39, 0.29) is 6.42 Å². The molecule has 3 aromatic carbocycles. The number of fused-ring (bicyclic) bond motifs is 1. The molecule has 0 amide bonds. The van der Waals surface area contributed by atoms with Crippen LogP contribution in [-0.4, -0.2) is 11.1 Å². The Bertz CT molecular complexity index is 982. The van der Waals surface area contributed by atoms with E-state index in [1.165, 1.54) is 0 Å². The molecule has 1 atom stereocenters. The molecule has 0 aliphatic heterocycles. The third kappa shape index (κ3) is 3.63. The molecule has 0 bridgehead atoms. The molecule has 142 valence electrons. The Labute approximate surface area is 169 Å². The van der Waals surface area contributed by atoms with Gasteiger partial charge in [0.1, 0.15) is 12.4 Å². The number of ether oxygens (including phenoxy) is 1. The van der Waals surface area contributed by atoms with Gasteiger partial charge in [-0.1, -0.05) is 60.1 Å². The quantitative estimate of drug-likeness (QED) is 0.591. The van der Waals surface area contributed by atoms with Gasteiger partial charge in [-0.15, -0.1) is 0 Å². The van der Waals surface area contributed by atoms with E-state index in [0.717, 1.165) is 40.8 Å². The Hall–Kier alpha value is -2.78. The molecule has 3 aromatic rings. The number of aliphatic carboxylic acids is 1. The zero-order valence-corrected chi connectivity index (χ0v) is 16.2. The maximum atomic E-state index is 11.7. The lowest BCUT2D eigenvalue weighted by molar-refractivity contribution is -0.138. The van der Waals surface area contributed by atoms with Gasteiger partial charge in [0.2, 0.25) is 0 Å². The van der Waals surface area contributed by atoms with E-state index in [1.54, 1.807) is 0 Å². The molecule has 3 nitrogen and oxygen atoms in total. The van der Waals surface area contributed by atoms with Crippen LogP contribution in [0.2, 0.25) is 5.02 Å². The number of carboxylic acids is 1. The summed E-state index contributed by atoms with van der Waals surface area (Å²) in [5.41, 5.74) is 3.79. The number of aryl methyl sites for hydroxylation is 1. The number of carboxylic acid groups (broad SMARTS) is 1. The van der Waals surface area contributed by atoms with Crippen LogP contribution in [0.25, 0.3) is 0 Å². The van der Waals surface area contributed by atoms with E-state index in [4.69, 9.17) is 16.3 Å². The van der Waals surface area contributed by atoms with Crippen LogP contribution in [-0.2, 0) is 23.2 Å². The Kier molecular flexibility index (Phi) is 5.10. The summed E-state index contributed by atoms with van der Waals surface area (Å²) in [6.45, 7) is 0.502. The van der Waals surface area contributed by atoms with Gasteiger partial charge in [-0.2, -0.15) is 0 Å². The third-order valence-electron chi connectivity index (χ3n) is 5.51. The summed E-state index contributed by atoms with van der Waals surface area (Å²) in [5.74, 6) is -0.0281. The molecular formula is C24H21ClO3.